The van der Waals surface area contributed by atoms with Gasteiger partial charge in [-0.25, -0.2) is 0 Å². The van der Waals surface area contributed by atoms with Gasteiger partial charge in [-0.1, -0.05) is 19.3 Å². The predicted octanol–water partition coefficient (Wildman–Crippen LogP) is 3.23. The van der Waals surface area contributed by atoms with Crippen molar-refractivity contribution >= 4 is 17.2 Å². The number of amides is 1. The van der Waals surface area contributed by atoms with Gasteiger partial charge in [0.1, 0.15) is 0 Å². The average molecular weight is 307 g/mol. The number of rotatable bonds is 3. The van der Waals surface area contributed by atoms with Crippen LogP contribution >= 0.6 is 11.3 Å². The molecule has 21 heavy (non-hydrogen) atoms. The lowest BCUT2D eigenvalue weighted by atomic mass is 9.86. The van der Waals surface area contributed by atoms with Crippen molar-refractivity contribution in [3.8, 4) is 0 Å². The number of carbonyl (C=O) groups excluding carboxylic acids is 1. The summed E-state index contributed by atoms with van der Waals surface area (Å²) in [4.78, 5) is 14.1. The van der Waals surface area contributed by atoms with E-state index in [4.69, 9.17) is 0 Å². The van der Waals surface area contributed by atoms with Crippen LogP contribution in [0.5, 0.6) is 0 Å². The zero-order valence-corrected chi connectivity index (χ0v) is 13.3. The fraction of sp³-hybridized carbons (Fsp3) is 0.706. The van der Waals surface area contributed by atoms with Crippen molar-refractivity contribution in [2.75, 3.05) is 6.61 Å². The smallest absolute Gasteiger partial charge is 0.227 e. The Balaban J connectivity index is 1.68. The topological polar surface area (TPSA) is 49.3 Å². The number of hydrogen-bond acceptors (Lipinski definition) is 3. The summed E-state index contributed by atoms with van der Waals surface area (Å²) in [5.41, 5.74) is 1.25. The molecule has 0 spiro atoms. The molecule has 3 nitrogen and oxygen atoms in total. The van der Waals surface area contributed by atoms with Crippen molar-refractivity contribution in [2.24, 2.45) is 5.92 Å². The highest BCUT2D eigenvalue weighted by molar-refractivity contribution is 7.10. The number of aryl methyl sites for hydroxylation is 1. The average Bonchev–Trinajstić information content (AvgIpc) is 2.87. The highest BCUT2D eigenvalue weighted by atomic mass is 32.1. The van der Waals surface area contributed by atoms with Crippen molar-refractivity contribution in [1.82, 2.24) is 5.32 Å². The second kappa shape index (κ2) is 6.93. The third-order valence-electron chi connectivity index (χ3n) is 5.09. The summed E-state index contributed by atoms with van der Waals surface area (Å²) < 4.78 is 0. The maximum atomic E-state index is 12.7. The molecule has 3 unspecified atom stereocenters. The predicted molar refractivity (Wildman–Crippen MR) is 85.6 cm³/mol. The minimum Gasteiger partial charge on any atom is -0.396 e. The Kier molecular flexibility index (Phi) is 4.96. The number of thiophene rings is 1. The van der Waals surface area contributed by atoms with E-state index in [9.17, 15) is 9.90 Å². The van der Waals surface area contributed by atoms with E-state index < -0.39 is 0 Å². The fourth-order valence-electron chi connectivity index (χ4n) is 3.84. The minimum atomic E-state index is 0.0302. The van der Waals surface area contributed by atoms with Gasteiger partial charge >= 0.3 is 0 Å². The molecule has 4 heteroatoms. The second-order valence-electron chi connectivity index (χ2n) is 6.44. The summed E-state index contributed by atoms with van der Waals surface area (Å²) in [5.74, 6) is 0.448. The summed E-state index contributed by atoms with van der Waals surface area (Å²) in [6.45, 7) is 0.194. The second-order valence-corrected chi connectivity index (χ2v) is 7.44. The van der Waals surface area contributed by atoms with Crippen molar-refractivity contribution in [2.45, 2.75) is 63.3 Å². The van der Waals surface area contributed by atoms with Gasteiger partial charge in [-0.2, -0.15) is 0 Å². The Morgan fingerprint density at radius 3 is 2.95 bits per heavy atom. The van der Waals surface area contributed by atoms with E-state index >= 15 is 0 Å². The third kappa shape index (κ3) is 3.32. The van der Waals surface area contributed by atoms with E-state index in [0.29, 0.717) is 0 Å². The molecule has 1 saturated carbocycles. The zero-order chi connectivity index (χ0) is 14.7. The van der Waals surface area contributed by atoms with Crippen LogP contribution in [-0.2, 0) is 11.2 Å². The van der Waals surface area contributed by atoms with Gasteiger partial charge in [0.15, 0.2) is 0 Å². The van der Waals surface area contributed by atoms with Gasteiger partial charge in [-0.15, -0.1) is 11.3 Å². The van der Waals surface area contributed by atoms with Crippen LogP contribution in [0, 0.1) is 5.92 Å². The number of hydrogen-bond donors (Lipinski definition) is 2. The fourth-order valence-corrected chi connectivity index (χ4v) is 4.82. The molecule has 2 aliphatic rings. The summed E-state index contributed by atoms with van der Waals surface area (Å²) in [6.07, 6.45) is 8.81. The molecule has 1 amide bonds. The molecule has 0 saturated heterocycles. The van der Waals surface area contributed by atoms with Crippen molar-refractivity contribution in [3.05, 3.63) is 21.9 Å². The SMILES string of the molecule is O=C(NC1CCCCCC1CO)C1CCCc2sccc21. The highest BCUT2D eigenvalue weighted by Crippen LogP contribution is 2.35. The van der Waals surface area contributed by atoms with Crippen LogP contribution in [0.15, 0.2) is 11.4 Å². The van der Waals surface area contributed by atoms with E-state index in [2.05, 4.69) is 16.8 Å². The molecule has 0 radical (unpaired) electrons. The normalized spacial score (nSPS) is 29.5. The molecular formula is C17H25NO2S. The molecule has 1 fully saturated rings. The minimum absolute atomic E-state index is 0.0302. The molecule has 0 aromatic carbocycles. The molecule has 116 valence electrons. The van der Waals surface area contributed by atoms with Gasteiger partial charge < -0.3 is 10.4 Å². The molecule has 3 rings (SSSR count). The van der Waals surface area contributed by atoms with E-state index in [1.165, 1.54) is 23.3 Å². The van der Waals surface area contributed by atoms with E-state index in [-0.39, 0.29) is 30.4 Å². The molecule has 0 bridgehead atoms. The first-order valence-corrected chi connectivity index (χ1v) is 9.15. The van der Waals surface area contributed by atoms with Crippen molar-refractivity contribution in [1.29, 1.82) is 0 Å². The molecule has 1 aromatic heterocycles. The first-order valence-electron chi connectivity index (χ1n) is 8.27. The van der Waals surface area contributed by atoms with Gasteiger partial charge in [0.05, 0.1) is 5.92 Å². The number of fused-ring (bicyclic) bond motifs is 1. The molecule has 3 atom stereocenters. The number of carbonyl (C=O) groups is 1. The molecule has 1 aromatic rings. The van der Waals surface area contributed by atoms with Gasteiger partial charge in [0, 0.05) is 23.4 Å². The van der Waals surface area contributed by atoms with E-state index in [1.807, 2.05) is 0 Å². The van der Waals surface area contributed by atoms with Crippen LogP contribution < -0.4 is 5.32 Å². The number of aliphatic hydroxyl groups excluding tert-OH is 1. The molecule has 1 heterocycles. The zero-order valence-electron chi connectivity index (χ0n) is 12.5. The van der Waals surface area contributed by atoms with Gasteiger partial charge in [0.2, 0.25) is 5.91 Å². The van der Waals surface area contributed by atoms with Crippen molar-refractivity contribution < 1.29 is 9.90 Å². The van der Waals surface area contributed by atoms with E-state index in [1.54, 1.807) is 11.3 Å². The lowest BCUT2D eigenvalue weighted by molar-refractivity contribution is -0.124. The van der Waals surface area contributed by atoms with Gasteiger partial charge in [-0.05, 0) is 49.1 Å². The van der Waals surface area contributed by atoms with Crippen LogP contribution in [0.4, 0.5) is 0 Å². The van der Waals surface area contributed by atoms with E-state index in [0.717, 1.165) is 38.5 Å². The van der Waals surface area contributed by atoms with Crippen molar-refractivity contribution in [3.63, 3.8) is 0 Å². The highest BCUT2D eigenvalue weighted by Gasteiger charge is 2.31. The molecule has 2 aliphatic carbocycles. The number of nitrogens with one attached hydrogen (secondary N) is 1. The van der Waals surface area contributed by atoms with Gasteiger partial charge in [-0.3, -0.25) is 4.79 Å². The molecular weight excluding hydrogens is 282 g/mol. The maximum absolute atomic E-state index is 12.7. The Morgan fingerprint density at radius 1 is 1.24 bits per heavy atom. The van der Waals surface area contributed by atoms with Gasteiger partial charge in [0.25, 0.3) is 0 Å². The summed E-state index contributed by atoms with van der Waals surface area (Å²) in [5, 5.41) is 15.0. The molecule has 0 aliphatic heterocycles. The monoisotopic (exact) mass is 307 g/mol. The van der Waals surface area contributed by atoms with Crippen LogP contribution in [0.1, 0.15) is 61.3 Å². The summed E-state index contributed by atoms with van der Waals surface area (Å²) >= 11 is 1.78. The lowest BCUT2D eigenvalue weighted by Crippen LogP contribution is -2.43. The largest absolute Gasteiger partial charge is 0.396 e. The third-order valence-corrected chi connectivity index (χ3v) is 6.09. The lowest BCUT2D eigenvalue weighted by Gasteiger charge is -2.28. The standard InChI is InChI=1S/C17H25NO2S/c19-11-12-5-2-1-3-7-15(12)18-17(20)14-6-4-8-16-13(14)9-10-21-16/h9-10,12,14-15,19H,1-8,11H2,(H,18,20). The Hall–Kier alpha value is -0.870. The molecule has 2 N–H and O–H groups in total. The van der Waals surface area contributed by atoms with Crippen LogP contribution in [0.25, 0.3) is 0 Å². The van der Waals surface area contributed by atoms with Crippen LogP contribution in [0.3, 0.4) is 0 Å². The summed E-state index contributed by atoms with van der Waals surface area (Å²) in [7, 11) is 0. The Morgan fingerprint density at radius 2 is 2.10 bits per heavy atom. The maximum Gasteiger partial charge on any atom is 0.227 e. The Bertz CT molecular complexity index is 485. The van der Waals surface area contributed by atoms with Crippen LogP contribution in [-0.4, -0.2) is 23.7 Å². The Labute approximate surface area is 130 Å². The number of aliphatic hydroxyl groups is 1. The quantitative estimate of drug-likeness (QED) is 0.842. The first kappa shape index (κ1) is 15.0. The first-order chi connectivity index (χ1) is 10.3. The van der Waals surface area contributed by atoms with Crippen LogP contribution in [0.2, 0.25) is 0 Å². The summed E-state index contributed by atoms with van der Waals surface area (Å²) in [6, 6.07) is 2.29.